The van der Waals surface area contributed by atoms with Crippen LogP contribution in [0.1, 0.15) is 42.6 Å². The summed E-state index contributed by atoms with van der Waals surface area (Å²) in [5.41, 5.74) is 1.99. The highest BCUT2D eigenvalue weighted by Gasteiger charge is 2.22. The highest BCUT2D eigenvalue weighted by Crippen LogP contribution is 2.14. The number of rotatable bonds is 2. The Labute approximate surface area is 117 Å². The summed E-state index contributed by atoms with van der Waals surface area (Å²) >= 11 is 0. The predicted octanol–water partition coefficient (Wildman–Crippen LogP) is 2.85. The molecule has 0 radical (unpaired) electrons. The van der Waals surface area contributed by atoms with Gasteiger partial charge in [-0.1, -0.05) is 31.5 Å². The molecule has 1 aromatic rings. The molecule has 1 fully saturated rings. The number of aryl methyl sites for hydroxylation is 1. The molecule has 1 amide bonds. The van der Waals surface area contributed by atoms with Crippen LogP contribution in [0, 0.1) is 6.92 Å². The molecule has 1 aliphatic heterocycles. The van der Waals surface area contributed by atoms with Gasteiger partial charge in [-0.3, -0.25) is 4.79 Å². The molecular weight excluding hydrogens is 236 g/mol. The highest BCUT2D eigenvalue weighted by molar-refractivity contribution is 5.94. The lowest BCUT2D eigenvalue weighted by molar-refractivity contribution is 0.0707. The van der Waals surface area contributed by atoms with E-state index in [0.29, 0.717) is 6.04 Å². The number of nitrogens with zero attached hydrogens (tertiary/aromatic N) is 1. The van der Waals surface area contributed by atoms with E-state index in [4.69, 9.17) is 0 Å². The first-order valence-corrected chi connectivity index (χ1v) is 7.24. The zero-order valence-electron chi connectivity index (χ0n) is 12.6. The average molecular weight is 262 g/mol. The standard InChI is InChI=1S/C14H20N2O.C2H6/c1-11-3-5-12(6-4-11)14(17)16-9-7-13(15-2)8-10-16;1-2/h3-6,13,15H,7-10H2,1-2H3;1-2H3. The van der Waals surface area contributed by atoms with Crippen molar-refractivity contribution in [1.82, 2.24) is 10.2 Å². The van der Waals surface area contributed by atoms with E-state index in [0.717, 1.165) is 31.5 Å². The van der Waals surface area contributed by atoms with Gasteiger partial charge in [0.1, 0.15) is 0 Å². The summed E-state index contributed by atoms with van der Waals surface area (Å²) in [6.07, 6.45) is 2.10. The number of nitrogens with one attached hydrogen (secondary N) is 1. The minimum atomic E-state index is 0.166. The van der Waals surface area contributed by atoms with Crippen molar-refractivity contribution in [3.63, 3.8) is 0 Å². The smallest absolute Gasteiger partial charge is 0.253 e. The van der Waals surface area contributed by atoms with E-state index < -0.39 is 0 Å². The van der Waals surface area contributed by atoms with Gasteiger partial charge in [0.2, 0.25) is 0 Å². The van der Waals surface area contributed by atoms with Crippen molar-refractivity contribution in [2.45, 2.75) is 39.7 Å². The molecule has 3 nitrogen and oxygen atoms in total. The summed E-state index contributed by atoms with van der Waals surface area (Å²) in [5.74, 6) is 0.166. The molecule has 106 valence electrons. The largest absolute Gasteiger partial charge is 0.339 e. The third-order valence-corrected chi connectivity index (χ3v) is 3.49. The Morgan fingerprint density at radius 2 is 1.68 bits per heavy atom. The Bertz CT molecular complexity index is 378. The molecule has 0 unspecified atom stereocenters. The lowest BCUT2D eigenvalue weighted by Gasteiger charge is -2.31. The molecule has 1 saturated heterocycles. The van der Waals surface area contributed by atoms with E-state index in [1.165, 1.54) is 5.56 Å². The van der Waals surface area contributed by atoms with Gasteiger partial charge in [-0.25, -0.2) is 0 Å². The molecule has 19 heavy (non-hydrogen) atoms. The van der Waals surface area contributed by atoms with Gasteiger partial charge in [0, 0.05) is 24.7 Å². The second-order valence-corrected chi connectivity index (χ2v) is 4.72. The summed E-state index contributed by atoms with van der Waals surface area (Å²) in [6, 6.07) is 8.39. The molecule has 0 saturated carbocycles. The molecule has 0 bridgehead atoms. The molecule has 0 atom stereocenters. The lowest BCUT2D eigenvalue weighted by atomic mass is 10.0. The fraction of sp³-hybridized carbons (Fsp3) is 0.562. The summed E-state index contributed by atoms with van der Waals surface area (Å²) in [6.45, 7) is 7.75. The zero-order valence-corrected chi connectivity index (χ0v) is 12.6. The molecule has 1 N–H and O–H groups in total. The van der Waals surface area contributed by atoms with Gasteiger partial charge in [0.15, 0.2) is 0 Å². The van der Waals surface area contributed by atoms with Gasteiger partial charge < -0.3 is 10.2 Å². The normalized spacial score (nSPS) is 15.7. The molecule has 0 aromatic heterocycles. The molecule has 0 spiro atoms. The van der Waals surface area contributed by atoms with Crippen LogP contribution in [0.5, 0.6) is 0 Å². The summed E-state index contributed by atoms with van der Waals surface area (Å²) in [5, 5.41) is 3.27. The van der Waals surface area contributed by atoms with Crippen LogP contribution in [0.15, 0.2) is 24.3 Å². The highest BCUT2D eigenvalue weighted by atomic mass is 16.2. The number of amides is 1. The molecule has 1 aromatic carbocycles. The van der Waals surface area contributed by atoms with Crippen molar-refractivity contribution < 1.29 is 4.79 Å². The Morgan fingerprint density at radius 1 is 1.16 bits per heavy atom. The first-order chi connectivity index (χ1) is 9.20. The number of piperidine rings is 1. The van der Waals surface area contributed by atoms with Crippen LogP contribution in [0.4, 0.5) is 0 Å². The van der Waals surface area contributed by atoms with Crippen molar-refractivity contribution in [2.24, 2.45) is 0 Å². The summed E-state index contributed by atoms with van der Waals surface area (Å²) < 4.78 is 0. The fourth-order valence-corrected chi connectivity index (χ4v) is 2.25. The fourth-order valence-electron chi connectivity index (χ4n) is 2.25. The zero-order chi connectivity index (χ0) is 14.3. The van der Waals surface area contributed by atoms with Crippen molar-refractivity contribution in [3.8, 4) is 0 Å². The maximum Gasteiger partial charge on any atom is 0.253 e. The van der Waals surface area contributed by atoms with Gasteiger partial charge >= 0.3 is 0 Å². The van der Waals surface area contributed by atoms with E-state index in [1.54, 1.807) is 0 Å². The van der Waals surface area contributed by atoms with Gasteiger partial charge in [-0.2, -0.15) is 0 Å². The Balaban J connectivity index is 0.000000861. The number of carbonyl (C=O) groups is 1. The molecule has 2 rings (SSSR count). The third-order valence-electron chi connectivity index (χ3n) is 3.49. The van der Waals surface area contributed by atoms with Crippen LogP contribution in [-0.4, -0.2) is 37.0 Å². The van der Waals surface area contributed by atoms with Gasteiger partial charge in [-0.05, 0) is 38.9 Å². The van der Waals surface area contributed by atoms with Crippen LogP contribution in [0.3, 0.4) is 0 Å². The van der Waals surface area contributed by atoms with Crippen LogP contribution in [0.2, 0.25) is 0 Å². The third kappa shape index (κ3) is 4.35. The van der Waals surface area contributed by atoms with Crippen molar-refractivity contribution in [1.29, 1.82) is 0 Å². The topological polar surface area (TPSA) is 32.3 Å². The van der Waals surface area contributed by atoms with E-state index in [2.05, 4.69) is 5.32 Å². The maximum atomic E-state index is 12.2. The molecule has 0 aliphatic carbocycles. The molecule has 1 heterocycles. The first kappa shape index (κ1) is 15.7. The van der Waals surface area contributed by atoms with Crippen molar-refractivity contribution in [3.05, 3.63) is 35.4 Å². The monoisotopic (exact) mass is 262 g/mol. The minimum Gasteiger partial charge on any atom is -0.339 e. The minimum absolute atomic E-state index is 0.166. The Morgan fingerprint density at radius 3 is 2.16 bits per heavy atom. The number of benzene rings is 1. The van der Waals surface area contributed by atoms with Crippen LogP contribution in [0.25, 0.3) is 0 Å². The van der Waals surface area contributed by atoms with E-state index in [-0.39, 0.29) is 5.91 Å². The number of likely N-dealkylation sites (tertiary alicyclic amines) is 1. The van der Waals surface area contributed by atoms with Gasteiger partial charge in [0.05, 0.1) is 0 Å². The first-order valence-electron chi connectivity index (χ1n) is 7.24. The van der Waals surface area contributed by atoms with Crippen molar-refractivity contribution in [2.75, 3.05) is 20.1 Å². The van der Waals surface area contributed by atoms with Crippen molar-refractivity contribution >= 4 is 5.91 Å². The summed E-state index contributed by atoms with van der Waals surface area (Å²) in [4.78, 5) is 14.2. The van der Waals surface area contributed by atoms with E-state index in [9.17, 15) is 4.79 Å². The number of hydrogen-bond donors (Lipinski definition) is 1. The average Bonchev–Trinajstić information content (AvgIpc) is 2.49. The van der Waals surface area contributed by atoms with Crippen LogP contribution >= 0.6 is 0 Å². The second kappa shape index (κ2) is 7.95. The van der Waals surface area contributed by atoms with Crippen LogP contribution < -0.4 is 5.32 Å². The second-order valence-electron chi connectivity index (χ2n) is 4.72. The summed E-state index contributed by atoms with van der Waals surface area (Å²) in [7, 11) is 1.99. The van der Waals surface area contributed by atoms with Gasteiger partial charge in [0.25, 0.3) is 5.91 Å². The van der Waals surface area contributed by atoms with Crippen LogP contribution in [-0.2, 0) is 0 Å². The Hall–Kier alpha value is -1.35. The van der Waals surface area contributed by atoms with Gasteiger partial charge in [-0.15, -0.1) is 0 Å². The maximum absolute atomic E-state index is 12.2. The lowest BCUT2D eigenvalue weighted by Crippen LogP contribution is -2.43. The SMILES string of the molecule is CC.CNC1CCN(C(=O)c2ccc(C)cc2)CC1. The molecular formula is C16H26N2O. The van der Waals surface area contributed by atoms with E-state index >= 15 is 0 Å². The predicted molar refractivity (Wildman–Crippen MR) is 80.5 cm³/mol. The molecule has 3 heteroatoms. The Kier molecular flexibility index (Phi) is 6.57. The molecule has 1 aliphatic rings. The quantitative estimate of drug-likeness (QED) is 0.889. The number of hydrogen-bond acceptors (Lipinski definition) is 2. The van der Waals surface area contributed by atoms with E-state index in [1.807, 2.05) is 57.0 Å². The number of carbonyl (C=O) groups excluding carboxylic acids is 1.